The lowest BCUT2D eigenvalue weighted by atomic mass is 10.0. The van der Waals surface area contributed by atoms with Gasteiger partial charge in [-0.3, -0.25) is 0 Å². The Balaban J connectivity index is 4.09. The van der Waals surface area contributed by atoms with Crippen LogP contribution in [-0.2, 0) is 4.74 Å². The van der Waals surface area contributed by atoms with Gasteiger partial charge in [0.1, 0.15) is 5.60 Å². The Morgan fingerprint density at radius 3 is 2.33 bits per heavy atom. The van der Waals surface area contributed by atoms with E-state index in [2.05, 4.69) is 5.32 Å². The van der Waals surface area contributed by atoms with Crippen LogP contribution in [0.15, 0.2) is 0 Å². The van der Waals surface area contributed by atoms with Crippen molar-refractivity contribution in [2.45, 2.75) is 52.2 Å². The summed E-state index contributed by atoms with van der Waals surface area (Å²) < 4.78 is 5.24. The second-order valence-corrected chi connectivity index (χ2v) is 5.93. The summed E-state index contributed by atoms with van der Waals surface area (Å²) in [6, 6.07) is 0. The fourth-order valence-corrected chi connectivity index (χ4v) is 1.32. The van der Waals surface area contributed by atoms with Crippen LogP contribution in [-0.4, -0.2) is 54.0 Å². The summed E-state index contributed by atoms with van der Waals surface area (Å²) in [6.07, 6.45) is 0.150. The number of amides is 1. The molecule has 0 spiro atoms. The van der Waals surface area contributed by atoms with Gasteiger partial charge >= 0.3 is 6.09 Å². The molecule has 0 radical (unpaired) electrons. The average Bonchev–Trinajstić information content (AvgIpc) is 2.21. The van der Waals surface area contributed by atoms with Gasteiger partial charge in [-0.1, -0.05) is 6.92 Å². The molecule has 0 fully saturated rings. The lowest BCUT2D eigenvalue weighted by Crippen LogP contribution is -2.42. The molecule has 0 aliphatic carbocycles. The highest BCUT2D eigenvalue weighted by molar-refractivity contribution is 5.67. The Morgan fingerprint density at radius 2 is 1.89 bits per heavy atom. The number of nitrogens with zero attached hydrogens (tertiary/aromatic N) is 1. The van der Waals surface area contributed by atoms with Gasteiger partial charge in [-0.2, -0.15) is 0 Å². The van der Waals surface area contributed by atoms with Crippen molar-refractivity contribution in [3.63, 3.8) is 0 Å². The Kier molecular flexibility index (Phi) is 6.63. The van der Waals surface area contributed by atoms with E-state index in [0.717, 1.165) is 6.54 Å². The van der Waals surface area contributed by atoms with E-state index in [0.29, 0.717) is 19.5 Å². The number of nitrogens with one attached hydrogen (secondary N) is 1. The van der Waals surface area contributed by atoms with Crippen molar-refractivity contribution in [1.29, 1.82) is 0 Å². The molecule has 0 rings (SSSR count). The molecule has 1 unspecified atom stereocenters. The molecular formula is C13H28N2O3. The minimum Gasteiger partial charge on any atom is -0.444 e. The third kappa shape index (κ3) is 8.31. The summed E-state index contributed by atoms with van der Waals surface area (Å²) in [5.41, 5.74) is -1.30. The lowest BCUT2D eigenvalue weighted by molar-refractivity contribution is 0.0168. The van der Waals surface area contributed by atoms with Crippen LogP contribution in [0.25, 0.3) is 0 Å². The molecule has 0 heterocycles. The fourth-order valence-electron chi connectivity index (χ4n) is 1.32. The molecular weight excluding hydrogens is 232 g/mol. The molecule has 0 saturated heterocycles. The molecule has 108 valence electrons. The van der Waals surface area contributed by atoms with Crippen molar-refractivity contribution in [2.75, 3.05) is 26.7 Å². The minimum absolute atomic E-state index is 0.359. The van der Waals surface area contributed by atoms with E-state index in [1.807, 2.05) is 27.7 Å². The topological polar surface area (TPSA) is 61.8 Å². The summed E-state index contributed by atoms with van der Waals surface area (Å²) in [5, 5.41) is 13.2. The normalized spacial score (nSPS) is 15.1. The van der Waals surface area contributed by atoms with Gasteiger partial charge in [0.25, 0.3) is 0 Å². The van der Waals surface area contributed by atoms with Crippen molar-refractivity contribution in [3.8, 4) is 0 Å². The van der Waals surface area contributed by atoms with E-state index in [4.69, 9.17) is 4.74 Å². The maximum absolute atomic E-state index is 11.7. The summed E-state index contributed by atoms with van der Waals surface area (Å²) >= 11 is 0. The van der Waals surface area contributed by atoms with Crippen LogP contribution in [0.1, 0.15) is 41.0 Å². The number of hydrogen-bond acceptors (Lipinski definition) is 4. The number of carbonyl (C=O) groups is 1. The highest BCUT2D eigenvalue weighted by atomic mass is 16.6. The molecule has 5 nitrogen and oxygen atoms in total. The summed E-state index contributed by atoms with van der Waals surface area (Å²) in [4.78, 5) is 13.2. The van der Waals surface area contributed by atoms with Gasteiger partial charge in [0.05, 0.1) is 5.60 Å². The highest BCUT2D eigenvalue weighted by Crippen LogP contribution is 2.12. The molecule has 0 aromatic heterocycles. The first-order chi connectivity index (χ1) is 8.07. The maximum atomic E-state index is 11.7. The van der Waals surface area contributed by atoms with Crippen molar-refractivity contribution in [1.82, 2.24) is 10.2 Å². The fraction of sp³-hybridized carbons (Fsp3) is 0.923. The molecule has 2 N–H and O–H groups in total. The Hall–Kier alpha value is -0.810. The zero-order valence-electron chi connectivity index (χ0n) is 12.5. The number of rotatable bonds is 6. The largest absolute Gasteiger partial charge is 0.444 e. The smallest absolute Gasteiger partial charge is 0.410 e. The molecule has 18 heavy (non-hydrogen) atoms. The molecule has 1 amide bonds. The second-order valence-electron chi connectivity index (χ2n) is 5.93. The van der Waals surface area contributed by atoms with Crippen molar-refractivity contribution >= 4 is 6.09 Å². The molecule has 0 bridgehead atoms. The average molecular weight is 260 g/mol. The Labute approximate surface area is 110 Å². The molecule has 1 atom stereocenters. The van der Waals surface area contributed by atoms with Crippen LogP contribution in [0.3, 0.4) is 0 Å². The van der Waals surface area contributed by atoms with Crippen molar-refractivity contribution in [2.24, 2.45) is 0 Å². The minimum atomic E-state index is -0.813. The summed E-state index contributed by atoms with van der Waals surface area (Å²) in [7, 11) is 1.68. The highest BCUT2D eigenvalue weighted by Gasteiger charge is 2.23. The van der Waals surface area contributed by atoms with Crippen LogP contribution in [0, 0.1) is 0 Å². The third-order valence-corrected chi connectivity index (χ3v) is 2.45. The first-order valence-corrected chi connectivity index (χ1v) is 6.44. The van der Waals surface area contributed by atoms with Gasteiger partial charge in [-0.05, 0) is 40.7 Å². The van der Waals surface area contributed by atoms with Gasteiger partial charge in [0.15, 0.2) is 0 Å². The SMILES string of the molecule is CCNCC(C)(O)CCN(C)C(=O)OC(C)(C)C. The van der Waals surface area contributed by atoms with Crippen LogP contribution in [0.4, 0.5) is 4.79 Å². The second kappa shape index (κ2) is 6.95. The quantitative estimate of drug-likeness (QED) is 0.761. The first kappa shape index (κ1) is 17.2. The molecule has 0 aromatic carbocycles. The Morgan fingerprint density at radius 1 is 1.33 bits per heavy atom. The summed E-state index contributed by atoms with van der Waals surface area (Å²) in [6.45, 7) is 11.1. The number of likely N-dealkylation sites (N-methyl/N-ethyl adjacent to an activating group) is 1. The molecule has 5 heteroatoms. The predicted molar refractivity (Wildman–Crippen MR) is 72.6 cm³/mol. The van der Waals surface area contributed by atoms with E-state index < -0.39 is 11.2 Å². The molecule has 0 saturated carbocycles. The van der Waals surface area contributed by atoms with Gasteiger partial charge in [0, 0.05) is 20.1 Å². The van der Waals surface area contributed by atoms with E-state index in [1.54, 1.807) is 14.0 Å². The molecule has 0 aliphatic heterocycles. The van der Waals surface area contributed by atoms with Gasteiger partial charge < -0.3 is 20.1 Å². The van der Waals surface area contributed by atoms with Gasteiger partial charge in [0.2, 0.25) is 0 Å². The number of ether oxygens (including phenoxy) is 1. The van der Waals surface area contributed by atoms with Crippen LogP contribution in [0.2, 0.25) is 0 Å². The monoisotopic (exact) mass is 260 g/mol. The van der Waals surface area contributed by atoms with Gasteiger partial charge in [-0.15, -0.1) is 0 Å². The maximum Gasteiger partial charge on any atom is 0.410 e. The van der Waals surface area contributed by atoms with E-state index in [9.17, 15) is 9.90 Å². The van der Waals surface area contributed by atoms with E-state index in [-0.39, 0.29) is 6.09 Å². The zero-order chi connectivity index (χ0) is 14.4. The van der Waals surface area contributed by atoms with Crippen molar-refractivity contribution < 1.29 is 14.6 Å². The number of carbonyl (C=O) groups excluding carboxylic acids is 1. The van der Waals surface area contributed by atoms with E-state index in [1.165, 1.54) is 4.90 Å². The standard InChI is InChI=1S/C13H28N2O3/c1-7-14-10-13(5,17)8-9-15(6)11(16)18-12(2,3)4/h14,17H,7-10H2,1-6H3. The third-order valence-electron chi connectivity index (χ3n) is 2.45. The van der Waals surface area contributed by atoms with Crippen molar-refractivity contribution in [3.05, 3.63) is 0 Å². The van der Waals surface area contributed by atoms with Gasteiger partial charge in [-0.25, -0.2) is 4.79 Å². The van der Waals surface area contributed by atoms with Crippen LogP contribution < -0.4 is 5.32 Å². The number of hydrogen-bond donors (Lipinski definition) is 2. The lowest BCUT2D eigenvalue weighted by Gasteiger charge is -2.28. The summed E-state index contributed by atoms with van der Waals surface area (Å²) in [5.74, 6) is 0. The predicted octanol–water partition coefficient (Wildman–Crippen LogP) is 1.60. The van der Waals surface area contributed by atoms with E-state index >= 15 is 0 Å². The zero-order valence-corrected chi connectivity index (χ0v) is 12.5. The van der Waals surface area contributed by atoms with Crippen LogP contribution in [0.5, 0.6) is 0 Å². The first-order valence-electron chi connectivity index (χ1n) is 6.44. The number of aliphatic hydroxyl groups is 1. The van der Waals surface area contributed by atoms with Crippen LogP contribution >= 0.6 is 0 Å². The molecule has 0 aromatic rings. The Bertz CT molecular complexity index is 259. The molecule has 0 aliphatic rings.